The second kappa shape index (κ2) is 12.0. The van der Waals surface area contributed by atoms with Crippen LogP contribution in [-0.4, -0.2) is 53.5 Å². The molecule has 3 N–H and O–H groups in total. The first kappa shape index (κ1) is 30.5. The van der Waals surface area contributed by atoms with Crippen LogP contribution >= 0.6 is 0 Å². The summed E-state index contributed by atoms with van der Waals surface area (Å²) in [4.78, 5) is 0. The normalized spacial score (nSPS) is 15.4. The van der Waals surface area contributed by atoms with Gasteiger partial charge in [-0.2, -0.15) is 13.2 Å². The summed E-state index contributed by atoms with van der Waals surface area (Å²) in [5, 5.41) is 29.0. The van der Waals surface area contributed by atoms with Gasteiger partial charge >= 0.3 is 6.18 Å². The molecule has 0 fully saturated rings. The summed E-state index contributed by atoms with van der Waals surface area (Å²) in [5.41, 5.74) is -1.87. The van der Waals surface area contributed by atoms with Gasteiger partial charge in [0.1, 0.15) is 36.2 Å². The van der Waals surface area contributed by atoms with E-state index in [9.17, 15) is 10.2 Å². The Morgan fingerprint density at radius 3 is 1.62 bits per heavy atom. The van der Waals surface area contributed by atoms with Crippen LogP contribution in [0.15, 0.2) is 66.7 Å². The van der Waals surface area contributed by atoms with Crippen molar-refractivity contribution in [3.8, 4) is 11.5 Å². The van der Waals surface area contributed by atoms with E-state index >= 15 is 13.2 Å². The Labute approximate surface area is 227 Å². The zero-order valence-electron chi connectivity index (χ0n) is 22.9. The molecule has 5 nitrogen and oxygen atoms in total. The minimum absolute atomic E-state index is 0.00461. The van der Waals surface area contributed by atoms with Crippen LogP contribution in [0, 0.1) is 19.3 Å². The lowest BCUT2D eigenvalue weighted by Crippen LogP contribution is -2.44. The van der Waals surface area contributed by atoms with E-state index in [1.54, 1.807) is 32.0 Å². The van der Waals surface area contributed by atoms with Gasteiger partial charge in [-0.25, -0.2) is 0 Å². The lowest BCUT2D eigenvalue weighted by Gasteiger charge is -2.38. The van der Waals surface area contributed by atoms with Crippen molar-refractivity contribution in [2.75, 3.05) is 19.8 Å². The largest absolute Gasteiger partial charge is 0.491 e. The monoisotopic (exact) mass is 546 g/mol. The predicted molar refractivity (Wildman–Crippen MR) is 144 cm³/mol. The van der Waals surface area contributed by atoms with E-state index in [0.717, 1.165) is 0 Å². The van der Waals surface area contributed by atoms with Crippen LogP contribution in [0.4, 0.5) is 13.2 Å². The third kappa shape index (κ3) is 6.57. The van der Waals surface area contributed by atoms with Crippen molar-refractivity contribution >= 4 is 0 Å². The number of halogens is 3. The maximum atomic E-state index is 15.4. The fraction of sp³-hybridized carbons (Fsp3) is 0.419. The van der Waals surface area contributed by atoms with Crippen molar-refractivity contribution in [3.63, 3.8) is 0 Å². The summed E-state index contributed by atoms with van der Waals surface area (Å²) in [5.74, 6) is 0.710. The maximum Gasteiger partial charge on any atom is 0.406 e. The number of hydrogen-bond acceptors (Lipinski definition) is 5. The van der Waals surface area contributed by atoms with Crippen molar-refractivity contribution < 1.29 is 38.0 Å². The van der Waals surface area contributed by atoms with Gasteiger partial charge in [0.05, 0.1) is 12.7 Å². The minimum atomic E-state index is -4.73. The topological polar surface area (TPSA) is 79.2 Å². The number of aliphatic hydroxyl groups excluding tert-OH is 3. The number of ether oxygens (including phenoxy) is 2. The van der Waals surface area contributed by atoms with Gasteiger partial charge < -0.3 is 24.8 Å². The van der Waals surface area contributed by atoms with Crippen LogP contribution in [0.5, 0.6) is 11.5 Å². The van der Waals surface area contributed by atoms with E-state index in [0.29, 0.717) is 22.6 Å². The van der Waals surface area contributed by atoms with E-state index < -0.39 is 35.8 Å². The molecule has 39 heavy (non-hydrogen) atoms. The molecule has 3 atom stereocenters. The third-order valence-electron chi connectivity index (χ3n) is 6.89. The molecule has 3 rings (SSSR count). The first-order valence-corrected chi connectivity index (χ1v) is 12.8. The van der Waals surface area contributed by atoms with Crippen LogP contribution in [0.2, 0.25) is 0 Å². The Hall–Kier alpha value is -3.07. The quantitative estimate of drug-likeness (QED) is 0.284. The van der Waals surface area contributed by atoms with Gasteiger partial charge in [-0.1, -0.05) is 75.4 Å². The molecule has 0 spiro atoms. The van der Waals surface area contributed by atoms with E-state index in [2.05, 4.69) is 0 Å². The fourth-order valence-corrected chi connectivity index (χ4v) is 4.43. The van der Waals surface area contributed by atoms with Crippen LogP contribution in [0.25, 0.3) is 0 Å². The second-order valence-electron chi connectivity index (χ2n) is 10.9. The summed E-state index contributed by atoms with van der Waals surface area (Å²) >= 11 is 0. The molecule has 3 aromatic rings. The van der Waals surface area contributed by atoms with Gasteiger partial charge in [-0.15, -0.1) is 0 Å². The third-order valence-corrected chi connectivity index (χ3v) is 6.89. The van der Waals surface area contributed by atoms with E-state index in [1.807, 2.05) is 20.8 Å². The molecule has 0 saturated heterocycles. The van der Waals surface area contributed by atoms with Crippen LogP contribution in [0.3, 0.4) is 0 Å². The highest BCUT2D eigenvalue weighted by atomic mass is 19.4. The zero-order chi connectivity index (χ0) is 29.0. The zero-order valence-corrected chi connectivity index (χ0v) is 22.9. The van der Waals surface area contributed by atoms with Gasteiger partial charge in [0, 0.05) is 0 Å². The summed E-state index contributed by atoms with van der Waals surface area (Å²) in [6, 6.07) is 16.5. The Balaban J connectivity index is 2.14. The molecule has 0 heterocycles. The Morgan fingerprint density at radius 2 is 1.21 bits per heavy atom. The fourth-order valence-electron chi connectivity index (χ4n) is 4.43. The lowest BCUT2D eigenvalue weighted by atomic mass is 9.68. The van der Waals surface area contributed by atoms with E-state index in [1.165, 1.54) is 48.5 Å². The van der Waals surface area contributed by atoms with E-state index in [4.69, 9.17) is 14.6 Å². The molecular formula is C31H37F3O5. The smallest absolute Gasteiger partial charge is 0.406 e. The molecule has 0 aliphatic heterocycles. The van der Waals surface area contributed by atoms with Gasteiger partial charge in [-0.05, 0) is 59.2 Å². The number of aryl methyl sites for hydroxylation is 2. The number of alkyl halides is 3. The molecular weight excluding hydrogens is 509 g/mol. The van der Waals surface area contributed by atoms with E-state index in [-0.39, 0.29) is 29.9 Å². The lowest BCUT2D eigenvalue weighted by molar-refractivity contribution is -0.166. The molecule has 212 valence electrons. The number of hydrogen-bond donors (Lipinski definition) is 3. The van der Waals surface area contributed by atoms with Gasteiger partial charge in [0.2, 0.25) is 0 Å². The summed E-state index contributed by atoms with van der Waals surface area (Å²) in [6.07, 6.45) is -6.58. The molecule has 2 unspecified atom stereocenters. The minimum Gasteiger partial charge on any atom is -0.491 e. The SMILES string of the molecule is Cc1cc(C(c2ccccc2)(c2ccc(OC[C@@H](O)CO)c(C)c2)C(F)(F)F)ccc1OCC(O)C(C)(C)C. The Kier molecular flexibility index (Phi) is 9.36. The second-order valence-corrected chi connectivity index (χ2v) is 10.9. The highest BCUT2D eigenvalue weighted by molar-refractivity contribution is 5.56. The van der Waals surface area contributed by atoms with Crippen molar-refractivity contribution in [2.45, 2.75) is 58.4 Å². The molecule has 0 radical (unpaired) electrons. The Bertz CT molecular complexity index is 1240. The number of rotatable bonds is 10. The van der Waals surface area contributed by atoms with Crippen molar-refractivity contribution in [3.05, 3.63) is 94.5 Å². The summed E-state index contributed by atoms with van der Waals surface area (Å²) in [7, 11) is 0. The molecule has 0 saturated carbocycles. The Morgan fingerprint density at radius 1 is 0.718 bits per heavy atom. The highest BCUT2D eigenvalue weighted by Crippen LogP contribution is 2.52. The average Bonchev–Trinajstić information content (AvgIpc) is 2.87. The van der Waals surface area contributed by atoms with Crippen LogP contribution in [0.1, 0.15) is 48.6 Å². The molecule has 0 bridgehead atoms. The molecule has 3 aromatic carbocycles. The van der Waals surface area contributed by atoms with Gasteiger partial charge in [-0.3, -0.25) is 0 Å². The van der Waals surface area contributed by atoms with Crippen molar-refractivity contribution in [2.24, 2.45) is 5.41 Å². The molecule has 0 aliphatic rings. The standard InChI is InChI=1S/C31H37F3O5/c1-20-15-23(11-13-26(20)38-18-25(36)17-35)30(31(32,33)34,22-9-7-6-8-10-22)24-12-14-27(21(2)16-24)39-19-28(37)29(3,4)5/h6-16,25,28,35-37H,17-19H2,1-5H3/t25-,28?,30?/m0/s1. The average molecular weight is 547 g/mol. The summed E-state index contributed by atoms with van der Waals surface area (Å²) < 4.78 is 57.6. The highest BCUT2D eigenvalue weighted by Gasteiger charge is 2.58. The molecule has 8 heteroatoms. The number of aliphatic hydroxyl groups is 3. The van der Waals surface area contributed by atoms with Crippen LogP contribution in [-0.2, 0) is 5.41 Å². The maximum absolute atomic E-state index is 15.4. The molecule has 0 aromatic heterocycles. The van der Waals surface area contributed by atoms with Gasteiger partial charge in [0.15, 0.2) is 0 Å². The first-order chi connectivity index (χ1) is 18.2. The van der Waals surface area contributed by atoms with Crippen LogP contribution < -0.4 is 9.47 Å². The summed E-state index contributed by atoms with van der Waals surface area (Å²) in [6.45, 7) is 8.28. The van der Waals surface area contributed by atoms with Crippen molar-refractivity contribution in [1.29, 1.82) is 0 Å². The molecule has 0 aliphatic carbocycles. The predicted octanol–water partition coefficient (Wildman–Crippen LogP) is 5.72. The number of benzene rings is 3. The molecule has 0 amide bonds. The van der Waals surface area contributed by atoms with Gasteiger partial charge in [0.25, 0.3) is 0 Å². The van der Waals surface area contributed by atoms with Crippen molar-refractivity contribution in [1.82, 2.24) is 0 Å². The first-order valence-electron chi connectivity index (χ1n) is 12.8.